The van der Waals surface area contributed by atoms with Crippen LogP contribution in [0.4, 0.5) is 5.69 Å². The fraction of sp³-hybridized carbons (Fsp3) is 0.619. The molecule has 2 aliphatic rings. The lowest BCUT2D eigenvalue weighted by Gasteiger charge is -2.24. The second-order valence-electron chi connectivity index (χ2n) is 8.31. The summed E-state index contributed by atoms with van der Waals surface area (Å²) in [6, 6.07) is 4.20. The summed E-state index contributed by atoms with van der Waals surface area (Å²) < 4.78 is 27.8. The topological polar surface area (TPSA) is 90.0 Å². The van der Waals surface area contributed by atoms with Crippen molar-refractivity contribution in [2.45, 2.75) is 50.0 Å². The molecule has 1 saturated heterocycles. The predicted octanol–water partition coefficient (Wildman–Crippen LogP) is 1.21. The van der Waals surface area contributed by atoms with Crippen molar-refractivity contribution in [3.8, 4) is 0 Å². The molecule has 9 heteroatoms. The van der Waals surface area contributed by atoms with Gasteiger partial charge in [-0.1, -0.05) is 12.8 Å². The fourth-order valence-electron chi connectivity index (χ4n) is 4.14. The van der Waals surface area contributed by atoms with E-state index in [-0.39, 0.29) is 16.7 Å². The molecule has 166 valence electrons. The Morgan fingerprint density at radius 1 is 1.13 bits per heavy atom. The molecule has 1 N–H and O–H groups in total. The van der Waals surface area contributed by atoms with Crippen molar-refractivity contribution in [3.05, 3.63) is 23.8 Å². The molecular formula is C21H32N4O4S. The Morgan fingerprint density at radius 3 is 2.40 bits per heavy atom. The number of hydrogen-bond donors (Lipinski definition) is 1. The maximum absolute atomic E-state index is 13.1. The minimum Gasteiger partial charge on any atom is -0.353 e. The number of likely N-dealkylation sites (N-methyl/N-ethyl adjacent to an activating group) is 1. The third kappa shape index (κ3) is 4.84. The summed E-state index contributed by atoms with van der Waals surface area (Å²) in [6.45, 7) is 3.69. The number of nitrogens with zero attached hydrogens (tertiary/aromatic N) is 3. The average Bonchev–Trinajstić information content (AvgIpc) is 2.85. The first-order valence-electron chi connectivity index (χ1n) is 10.6. The first kappa shape index (κ1) is 22.7. The van der Waals surface area contributed by atoms with Crippen LogP contribution in [0.1, 0.15) is 38.2 Å². The molecule has 0 saturated carbocycles. The molecule has 2 amide bonds. The van der Waals surface area contributed by atoms with Crippen molar-refractivity contribution < 1.29 is 18.0 Å². The Morgan fingerprint density at radius 2 is 1.80 bits per heavy atom. The molecule has 8 nitrogen and oxygen atoms in total. The number of nitrogens with one attached hydrogen (secondary N) is 1. The van der Waals surface area contributed by atoms with Crippen LogP contribution in [0.5, 0.6) is 0 Å². The van der Waals surface area contributed by atoms with Crippen molar-refractivity contribution in [2.75, 3.05) is 45.2 Å². The van der Waals surface area contributed by atoms with E-state index >= 15 is 0 Å². The van der Waals surface area contributed by atoms with Gasteiger partial charge < -0.3 is 10.2 Å². The zero-order valence-corrected chi connectivity index (χ0v) is 18.9. The lowest BCUT2D eigenvalue weighted by molar-refractivity contribution is -0.125. The second kappa shape index (κ2) is 9.45. The second-order valence-corrected chi connectivity index (χ2v) is 10.2. The molecule has 1 fully saturated rings. The Bertz CT molecular complexity index is 892. The summed E-state index contributed by atoms with van der Waals surface area (Å²) in [4.78, 5) is 28.7. The molecule has 0 unspecified atom stereocenters. The number of sulfonamides is 1. The molecule has 2 aliphatic heterocycles. The van der Waals surface area contributed by atoms with Crippen LogP contribution >= 0.6 is 0 Å². The van der Waals surface area contributed by atoms with Crippen LogP contribution in [0.25, 0.3) is 0 Å². The molecule has 30 heavy (non-hydrogen) atoms. The van der Waals surface area contributed by atoms with Crippen LogP contribution < -0.4 is 10.2 Å². The van der Waals surface area contributed by atoms with Gasteiger partial charge in [0.1, 0.15) is 6.04 Å². The van der Waals surface area contributed by atoms with Gasteiger partial charge in [-0.05, 0) is 50.7 Å². The van der Waals surface area contributed by atoms with Gasteiger partial charge in [0, 0.05) is 45.2 Å². The third-order valence-electron chi connectivity index (χ3n) is 5.74. The SMILES string of the molecule is CC(=O)N1c2ccc(S(=O)(=O)N3CCCCCC3)cc2C[C@@H]1C(=O)NCCN(C)C. The number of amides is 2. The van der Waals surface area contributed by atoms with Crippen LogP contribution in [0, 0.1) is 0 Å². The smallest absolute Gasteiger partial charge is 0.243 e. The van der Waals surface area contributed by atoms with Crippen molar-refractivity contribution in [1.82, 2.24) is 14.5 Å². The van der Waals surface area contributed by atoms with Gasteiger partial charge in [-0.25, -0.2) is 8.42 Å². The van der Waals surface area contributed by atoms with Crippen LogP contribution in [-0.2, 0) is 26.0 Å². The summed E-state index contributed by atoms with van der Waals surface area (Å²) in [6.07, 6.45) is 4.16. The number of fused-ring (bicyclic) bond motifs is 1. The van der Waals surface area contributed by atoms with Crippen molar-refractivity contribution in [2.24, 2.45) is 0 Å². The first-order chi connectivity index (χ1) is 14.2. The monoisotopic (exact) mass is 436 g/mol. The Balaban J connectivity index is 1.83. The summed E-state index contributed by atoms with van der Waals surface area (Å²) >= 11 is 0. The standard InChI is InChI=1S/C21H32N4O4S/c1-16(26)25-19-9-8-18(30(28,29)24-11-6-4-5-7-12-24)14-17(19)15-20(25)21(27)22-10-13-23(2)3/h8-9,14,20H,4-7,10-13,15H2,1-3H3,(H,22,27)/t20-/m1/s1. The Labute approximate surface area is 179 Å². The van der Waals surface area contributed by atoms with Crippen LogP contribution in [0.15, 0.2) is 23.1 Å². The highest BCUT2D eigenvalue weighted by atomic mass is 32.2. The highest BCUT2D eigenvalue weighted by Gasteiger charge is 2.38. The molecule has 1 aromatic rings. The number of carbonyl (C=O) groups is 2. The van der Waals surface area contributed by atoms with Gasteiger partial charge in [0.25, 0.3) is 0 Å². The highest BCUT2D eigenvalue weighted by Crippen LogP contribution is 2.35. The minimum absolute atomic E-state index is 0.222. The molecule has 0 spiro atoms. The molecule has 3 rings (SSSR count). The third-order valence-corrected chi connectivity index (χ3v) is 7.63. The lowest BCUT2D eigenvalue weighted by atomic mass is 10.1. The maximum atomic E-state index is 13.1. The average molecular weight is 437 g/mol. The molecule has 0 bridgehead atoms. The summed E-state index contributed by atoms with van der Waals surface area (Å²) in [5, 5.41) is 2.88. The van der Waals surface area contributed by atoms with E-state index in [1.54, 1.807) is 22.5 Å². The predicted molar refractivity (Wildman–Crippen MR) is 116 cm³/mol. The largest absolute Gasteiger partial charge is 0.353 e. The zero-order valence-electron chi connectivity index (χ0n) is 18.1. The molecule has 0 radical (unpaired) electrons. The van der Waals surface area contributed by atoms with Crippen LogP contribution in [-0.4, -0.2) is 75.8 Å². The van der Waals surface area contributed by atoms with E-state index in [2.05, 4.69) is 5.32 Å². The maximum Gasteiger partial charge on any atom is 0.243 e. The number of benzene rings is 1. The van der Waals surface area contributed by atoms with E-state index in [4.69, 9.17) is 0 Å². The zero-order chi connectivity index (χ0) is 21.9. The highest BCUT2D eigenvalue weighted by molar-refractivity contribution is 7.89. The molecular weight excluding hydrogens is 404 g/mol. The summed E-state index contributed by atoms with van der Waals surface area (Å²) in [5.74, 6) is -0.454. The van der Waals surface area contributed by atoms with Crippen LogP contribution in [0.3, 0.4) is 0 Å². The minimum atomic E-state index is -3.58. The Hall–Kier alpha value is -1.97. The fourth-order valence-corrected chi connectivity index (χ4v) is 5.71. The van der Waals surface area contributed by atoms with Gasteiger partial charge in [0.2, 0.25) is 21.8 Å². The number of rotatable bonds is 6. The molecule has 2 heterocycles. The lowest BCUT2D eigenvalue weighted by Crippen LogP contribution is -2.48. The van der Waals surface area contributed by atoms with Crippen molar-refractivity contribution >= 4 is 27.5 Å². The van der Waals surface area contributed by atoms with Gasteiger partial charge in [0.05, 0.1) is 4.90 Å². The number of hydrogen-bond acceptors (Lipinski definition) is 5. The van der Waals surface area contributed by atoms with E-state index in [1.165, 1.54) is 11.8 Å². The summed E-state index contributed by atoms with van der Waals surface area (Å²) in [5.41, 5.74) is 1.33. The normalized spacial score (nSPS) is 20.1. The van der Waals surface area contributed by atoms with Gasteiger partial charge in [-0.3, -0.25) is 14.5 Å². The summed E-state index contributed by atoms with van der Waals surface area (Å²) in [7, 11) is 0.262. The quantitative estimate of drug-likeness (QED) is 0.724. The van der Waals surface area contributed by atoms with Gasteiger partial charge >= 0.3 is 0 Å². The van der Waals surface area contributed by atoms with Crippen molar-refractivity contribution in [1.29, 1.82) is 0 Å². The molecule has 1 aromatic carbocycles. The van der Waals surface area contributed by atoms with Crippen molar-refractivity contribution in [3.63, 3.8) is 0 Å². The molecule has 1 atom stereocenters. The van der Waals surface area contributed by atoms with E-state index in [9.17, 15) is 18.0 Å². The van der Waals surface area contributed by atoms with Gasteiger partial charge in [0.15, 0.2) is 0 Å². The van der Waals surface area contributed by atoms with E-state index < -0.39 is 16.1 Å². The van der Waals surface area contributed by atoms with E-state index in [0.29, 0.717) is 43.9 Å². The number of carbonyl (C=O) groups excluding carboxylic acids is 2. The molecule has 0 aliphatic carbocycles. The van der Waals surface area contributed by atoms with Crippen LogP contribution in [0.2, 0.25) is 0 Å². The number of anilines is 1. The van der Waals surface area contributed by atoms with Gasteiger partial charge in [-0.15, -0.1) is 0 Å². The Kier molecular flexibility index (Phi) is 7.15. The first-order valence-corrected chi connectivity index (χ1v) is 12.0. The van der Waals surface area contributed by atoms with E-state index in [1.807, 2.05) is 19.0 Å². The molecule has 0 aromatic heterocycles. The van der Waals surface area contributed by atoms with E-state index in [0.717, 1.165) is 25.7 Å². The van der Waals surface area contributed by atoms with Gasteiger partial charge in [-0.2, -0.15) is 4.31 Å².